The zero-order valence-corrected chi connectivity index (χ0v) is 10.6. The molecule has 102 valence electrons. The van der Waals surface area contributed by atoms with Crippen LogP contribution in [0.1, 0.15) is 11.3 Å². The van der Waals surface area contributed by atoms with Crippen molar-refractivity contribution in [1.29, 1.82) is 5.41 Å². The van der Waals surface area contributed by atoms with Crippen LogP contribution in [0, 0.1) is 5.41 Å². The summed E-state index contributed by atoms with van der Waals surface area (Å²) in [7, 11) is 0. The molecule has 20 heavy (non-hydrogen) atoms. The lowest BCUT2D eigenvalue weighted by molar-refractivity contribution is 0.174. The number of amidine groups is 1. The van der Waals surface area contributed by atoms with Crippen molar-refractivity contribution in [2.24, 2.45) is 5.73 Å². The van der Waals surface area contributed by atoms with Crippen LogP contribution < -0.4 is 19.9 Å². The first kappa shape index (κ1) is 12.3. The Morgan fingerprint density at radius 3 is 2.85 bits per heavy atom. The Balaban J connectivity index is 1.65. The standard InChI is InChI=1S/C14H13N3O3/c15-14(16)11-3-2-10(6-17-11)18-7-9-1-4-12-13(5-9)20-8-19-12/h1-6H,7-8H2,(H3,15,16). The van der Waals surface area contributed by atoms with Crippen molar-refractivity contribution in [2.45, 2.75) is 6.61 Å². The highest BCUT2D eigenvalue weighted by atomic mass is 16.7. The van der Waals surface area contributed by atoms with E-state index in [9.17, 15) is 0 Å². The Bertz CT molecular complexity index is 641. The van der Waals surface area contributed by atoms with Gasteiger partial charge in [-0.3, -0.25) is 5.41 Å². The van der Waals surface area contributed by atoms with Crippen LogP contribution in [-0.4, -0.2) is 17.6 Å². The number of hydrogen-bond donors (Lipinski definition) is 2. The molecule has 0 saturated carbocycles. The SMILES string of the molecule is N=C(N)c1ccc(OCc2ccc3c(c2)OCO3)cn1. The topological polar surface area (TPSA) is 90.5 Å². The fourth-order valence-corrected chi connectivity index (χ4v) is 1.82. The number of nitrogens with zero attached hydrogens (tertiary/aromatic N) is 1. The molecule has 3 N–H and O–H groups in total. The molecule has 1 aromatic carbocycles. The molecule has 0 aliphatic carbocycles. The van der Waals surface area contributed by atoms with Gasteiger partial charge in [-0.25, -0.2) is 4.98 Å². The van der Waals surface area contributed by atoms with Gasteiger partial charge in [0.25, 0.3) is 0 Å². The summed E-state index contributed by atoms with van der Waals surface area (Å²) < 4.78 is 16.2. The van der Waals surface area contributed by atoms with Crippen molar-refractivity contribution in [3.05, 3.63) is 47.8 Å². The third kappa shape index (κ3) is 2.49. The number of nitrogens with one attached hydrogen (secondary N) is 1. The molecule has 0 saturated heterocycles. The lowest BCUT2D eigenvalue weighted by atomic mass is 10.2. The van der Waals surface area contributed by atoms with Crippen molar-refractivity contribution >= 4 is 5.84 Å². The van der Waals surface area contributed by atoms with E-state index in [4.69, 9.17) is 25.4 Å². The van der Waals surface area contributed by atoms with Gasteiger partial charge in [0, 0.05) is 0 Å². The highest BCUT2D eigenvalue weighted by molar-refractivity contribution is 5.92. The predicted octanol–water partition coefficient (Wildman–Crippen LogP) is 1.67. The summed E-state index contributed by atoms with van der Waals surface area (Å²) in [5, 5.41) is 7.26. The minimum Gasteiger partial charge on any atom is -0.487 e. The molecule has 0 spiro atoms. The Labute approximate surface area is 115 Å². The van der Waals surface area contributed by atoms with Crippen molar-refractivity contribution < 1.29 is 14.2 Å². The summed E-state index contributed by atoms with van der Waals surface area (Å²) in [4.78, 5) is 4.03. The molecule has 0 bridgehead atoms. The normalized spacial score (nSPS) is 12.2. The van der Waals surface area contributed by atoms with Gasteiger partial charge >= 0.3 is 0 Å². The quantitative estimate of drug-likeness (QED) is 0.652. The summed E-state index contributed by atoms with van der Waals surface area (Å²) in [6.45, 7) is 0.661. The Morgan fingerprint density at radius 1 is 1.25 bits per heavy atom. The summed E-state index contributed by atoms with van der Waals surface area (Å²) in [6.07, 6.45) is 1.55. The highest BCUT2D eigenvalue weighted by Crippen LogP contribution is 2.32. The van der Waals surface area contributed by atoms with Crippen LogP contribution in [0.15, 0.2) is 36.5 Å². The minimum absolute atomic E-state index is 0.0627. The smallest absolute Gasteiger partial charge is 0.231 e. The van der Waals surface area contributed by atoms with Crippen LogP contribution in [0.5, 0.6) is 17.2 Å². The second kappa shape index (κ2) is 5.08. The monoisotopic (exact) mass is 271 g/mol. The molecule has 2 heterocycles. The molecule has 0 unspecified atom stereocenters. The van der Waals surface area contributed by atoms with E-state index in [1.165, 1.54) is 0 Å². The van der Waals surface area contributed by atoms with Gasteiger partial charge in [-0.2, -0.15) is 0 Å². The molecular weight excluding hydrogens is 258 g/mol. The second-order valence-electron chi connectivity index (χ2n) is 4.27. The van der Waals surface area contributed by atoms with Crippen LogP contribution in [0.2, 0.25) is 0 Å². The van der Waals surface area contributed by atoms with Crippen LogP contribution in [0.3, 0.4) is 0 Å². The molecule has 1 aliphatic heterocycles. The number of nitrogens with two attached hydrogens (primary N) is 1. The number of pyridine rings is 1. The fraction of sp³-hybridized carbons (Fsp3) is 0.143. The third-order valence-electron chi connectivity index (χ3n) is 2.85. The van der Waals surface area contributed by atoms with Crippen molar-refractivity contribution in [2.75, 3.05) is 6.79 Å². The Morgan fingerprint density at radius 2 is 2.10 bits per heavy atom. The van der Waals surface area contributed by atoms with Gasteiger partial charge in [0.2, 0.25) is 6.79 Å². The van der Waals surface area contributed by atoms with Gasteiger partial charge < -0.3 is 19.9 Å². The number of ether oxygens (including phenoxy) is 3. The van der Waals surface area contributed by atoms with Gasteiger partial charge in [0.05, 0.1) is 6.20 Å². The molecule has 3 rings (SSSR count). The lowest BCUT2D eigenvalue weighted by Gasteiger charge is -2.07. The van der Waals surface area contributed by atoms with E-state index in [2.05, 4.69) is 4.98 Å². The largest absolute Gasteiger partial charge is 0.487 e. The molecule has 2 aromatic rings. The van der Waals surface area contributed by atoms with E-state index < -0.39 is 0 Å². The van der Waals surface area contributed by atoms with Gasteiger partial charge in [-0.05, 0) is 29.8 Å². The van der Waals surface area contributed by atoms with Gasteiger partial charge in [0.15, 0.2) is 11.5 Å². The zero-order chi connectivity index (χ0) is 13.9. The van der Waals surface area contributed by atoms with E-state index in [-0.39, 0.29) is 12.6 Å². The first-order valence-corrected chi connectivity index (χ1v) is 6.04. The van der Waals surface area contributed by atoms with Crippen LogP contribution in [0.4, 0.5) is 0 Å². The van der Waals surface area contributed by atoms with Gasteiger partial charge in [-0.15, -0.1) is 0 Å². The third-order valence-corrected chi connectivity index (χ3v) is 2.85. The van der Waals surface area contributed by atoms with Crippen molar-refractivity contribution in [3.63, 3.8) is 0 Å². The fourth-order valence-electron chi connectivity index (χ4n) is 1.82. The average molecular weight is 271 g/mol. The van der Waals surface area contributed by atoms with Crippen LogP contribution in [-0.2, 0) is 6.61 Å². The van der Waals surface area contributed by atoms with Crippen molar-refractivity contribution in [1.82, 2.24) is 4.98 Å². The van der Waals surface area contributed by atoms with Crippen LogP contribution >= 0.6 is 0 Å². The average Bonchev–Trinajstić information content (AvgIpc) is 2.93. The number of aromatic nitrogens is 1. The van der Waals surface area contributed by atoms with E-state index in [0.29, 0.717) is 18.1 Å². The molecule has 1 aromatic heterocycles. The zero-order valence-electron chi connectivity index (χ0n) is 10.6. The molecule has 0 atom stereocenters. The Hall–Kier alpha value is -2.76. The van der Waals surface area contributed by atoms with Crippen LogP contribution in [0.25, 0.3) is 0 Å². The van der Waals surface area contributed by atoms with Gasteiger partial charge in [0.1, 0.15) is 23.9 Å². The van der Waals surface area contributed by atoms with E-state index in [1.807, 2.05) is 18.2 Å². The summed E-state index contributed by atoms with van der Waals surface area (Å²) in [5.74, 6) is 2.04. The molecule has 6 nitrogen and oxygen atoms in total. The molecule has 0 radical (unpaired) electrons. The summed E-state index contributed by atoms with van der Waals surface area (Å²) in [5.41, 5.74) is 6.74. The first-order valence-electron chi connectivity index (χ1n) is 6.04. The first-order chi connectivity index (χ1) is 9.72. The number of fused-ring (bicyclic) bond motifs is 1. The maximum atomic E-state index is 7.26. The number of hydrogen-bond acceptors (Lipinski definition) is 5. The van der Waals surface area contributed by atoms with E-state index in [0.717, 1.165) is 17.1 Å². The summed E-state index contributed by atoms with van der Waals surface area (Å²) in [6, 6.07) is 9.05. The molecule has 1 aliphatic rings. The van der Waals surface area contributed by atoms with Crippen molar-refractivity contribution in [3.8, 4) is 17.2 Å². The van der Waals surface area contributed by atoms with Gasteiger partial charge in [-0.1, -0.05) is 6.07 Å². The number of benzene rings is 1. The van der Waals surface area contributed by atoms with E-state index in [1.54, 1.807) is 18.3 Å². The number of nitrogen functional groups attached to an aromatic ring is 1. The molecule has 0 fully saturated rings. The number of rotatable bonds is 4. The van der Waals surface area contributed by atoms with E-state index >= 15 is 0 Å². The molecule has 0 amide bonds. The lowest BCUT2D eigenvalue weighted by Crippen LogP contribution is -2.12. The Kier molecular flexibility index (Phi) is 3.12. The molecular formula is C14H13N3O3. The summed E-state index contributed by atoms with van der Waals surface area (Å²) >= 11 is 0. The second-order valence-corrected chi connectivity index (χ2v) is 4.27. The minimum atomic E-state index is -0.0627. The maximum absolute atomic E-state index is 7.26. The predicted molar refractivity (Wildman–Crippen MR) is 72.2 cm³/mol. The molecule has 6 heteroatoms. The highest BCUT2D eigenvalue weighted by Gasteiger charge is 2.13. The maximum Gasteiger partial charge on any atom is 0.231 e.